The van der Waals surface area contributed by atoms with E-state index in [9.17, 15) is 47.4 Å². The highest BCUT2D eigenvalue weighted by Crippen LogP contribution is 2.58. The van der Waals surface area contributed by atoms with Gasteiger partial charge in [-0.1, -0.05) is 6.92 Å². The summed E-state index contributed by atoms with van der Waals surface area (Å²) in [6, 6.07) is -0.389. The number of carbonyl (C=O) groups is 5. The van der Waals surface area contributed by atoms with Crippen LogP contribution >= 0.6 is 0 Å². The van der Waals surface area contributed by atoms with Gasteiger partial charge in [0.15, 0.2) is 34.7 Å². The van der Waals surface area contributed by atoms with E-state index in [-0.39, 0.29) is 24.1 Å². The molecule has 5 aliphatic rings. The van der Waals surface area contributed by atoms with E-state index >= 15 is 0 Å². The molecule has 0 aliphatic heterocycles. The molecule has 10 nitrogen and oxygen atoms in total. The lowest BCUT2D eigenvalue weighted by atomic mass is 9.52. The number of fused-ring (bicyclic) bond motifs is 3. The fraction of sp³-hybridized carbons (Fsp3) is 0.645. The number of hydrogen-bond donors (Lipinski definition) is 3. The largest absolute Gasteiger partial charge is 0.507 e. The number of benzene rings is 1. The lowest BCUT2D eigenvalue weighted by molar-refractivity contribution is -0.181. The van der Waals surface area contributed by atoms with Gasteiger partial charge < -0.3 is 15.9 Å². The number of Topliss-reactive ketones (excluding diaryl/α,β-unsaturated/α-hetero) is 4. The van der Waals surface area contributed by atoms with Crippen molar-refractivity contribution >= 4 is 29.0 Å². The third kappa shape index (κ3) is 4.22. The minimum atomic E-state index is -4.90. The Morgan fingerprint density at radius 1 is 1.11 bits per heavy atom. The Balaban J connectivity index is 1.46. The maximum Gasteiger partial charge on any atom is 0.417 e. The summed E-state index contributed by atoms with van der Waals surface area (Å²) in [4.78, 5) is 69.9. The number of phenolic OH excluding ortho intramolecular Hbond substituents is 1. The number of nitrogens with zero attached hydrogens (tertiary/aromatic N) is 2. The average Bonchev–Trinajstić information content (AvgIpc) is 3.82. The van der Waals surface area contributed by atoms with Gasteiger partial charge in [-0.3, -0.25) is 33.8 Å². The van der Waals surface area contributed by atoms with Gasteiger partial charge in [0.1, 0.15) is 5.75 Å². The second kappa shape index (κ2) is 9.92. The van der Waals surface area contributed by atoms with E-state index in [2.05, 4.69) is 0 Å². The number of aliphatic hydroxyl groups is 1. The number of ketones is 4. The van der Waals surface area contributed by atoms with E-state index < -0.39 is 99.4 Å². The van der Waals surface area contributed by atoms with E-state index in [0.29, 0.717) is 12.5 Å². The third-order valence-corrected chi connectivity index (χ3v) is 10.9. The van der Waals surface area contributed by atoms with Crippen LogP contribution in [0.2, 0.25) is 0 Å². The normalized spacial score (nSPS) is 32.9. The molecular weight excluding hydrogens is 583 g/mol. The second-order valence-corrected chi connectivity index (χ2v) is 13.5. The van der Waals surface area contributed by atoms with E-state index in [0.717, 1.165) is 31.7 Å². The summed E-state index contributed by atoms with van der Waals surface area (Å²) < 4.78 is 44.7. The van der Waals surface area contributed by atoms with Gasteiger partial charge in [0.25, 0.3) is 0 Å². The fourth-order valence-corrected chi connectivity index (χ4v) is 8.74. The average molecular weight is 620 g/mol. The number of carbonyl (C=O) groups excluding carboxylic acids is 5. The zero-order valence-electron chi connectivity index (χ0n) is 24.7. The molecule has 0 saturated heterocycles. The molecule has 2 unspecified atom stereocenters. The summed E-state index contributed by atoms with van der Waals surface area (Å²) in [7, 11) is 2.88. The van der Waals surface area contributed by atoms with Gasteiger partial charge >= 0.3 is 6.18 Å². The van der Waals surface area contributed by atoms with Gasteiger partial charge in [-0.2, -0.15) is 13.2 Å². The summed E-state index contributed by atoms with van der Waals surface area (Å²) >= 11 is 0. The zero-order chi connectivity index (χ0) is 32.3. The minimum absolute atomic E-state index is 0.0769. The Labute approximate surface area is 251 Å². The second-order valence-electron chi connectivity index (χ2n) is 13.5. The molecule has 4 saturated carbocycles. The molecule has 1 aromatic carbocycles. The number of hydrogen-bond acceptors (Lipinski definition) is 9. The van der Waals surface area contributed by atoms with Crippen molar-refractivity contribution in [1.82, 2.24) is 9.80 Å². The Kier molecular flexibility index (Phi) is 6.95. The van der Waals surface area contributed by atoms with Crippen LogP contribution in [0, 0.1) is 29.6 Å². The summed E-state index contributed by atoms with van der Waals surface area (Å²) in [6.45, 7) is 2.31. The summed E-state index contributed by atoms with van der Waals surface area (Å²) in [6.07, 6.45) is -1.83. The fourth-order valence-electron chi connectivity index (χ4n) is 8.74. The Morgan fingerprint density at radius 2 is 1.75 bits per heavy atom. The molecule has 44 heavy (non-hydrogen) atoms. The Hall–Kier alpha value is -3.16. The van der Waals surface area contributed by atoms with Gasteiger partial charge in [0.05, 0.1) is 23.1 Å². The van der Waals surface area contributed by atoms with E-state index in [1.54, 1.807) is 0 Å². The first kappa shape index (κ1) is 30.8. The third-order valence-electron chi connectivity index (χ3n) is 10.9. The van der Waals surface area contributed by atoms with Crippen LogP contribution in [0.25, 0.3) is 0 Å². The molecule has 238 valence electrons. The quantitative estimate of drug-likeness (QED) is 0.386. The number of likely N-dealkylation sites (N-methyl/N-ethyl adjacent to an activating group) is 1. The number of phenols is 1. The van der Waals surface area contributed by atoms with Crippen LogP contribution in [-0.4, -0.2) is 86.9 Å². The lowest BCUT2D eigenvalue weighted by Gasteiger charge is -2.52. The van der Waals surface area contributed by atoms with Crippen LogP contribution in [0.4, 0.5) is 13.2 Å². The topological polar surface area (TPSA) is 158 Å². The van der Waals surface area contributed by atoms with Gasteiger partial charge in [0, 0.05) is 18.0 Å². The van der Waals surface area contributed by atoms with Crippen molar-refractivity contribution < 1.29 is 47.4 Å². The SMILES string of the molecule is CCN(Cc1cc(O)c2c(c1C(F)(F)F)C[C@H]1C[C@H]3[C@H](N(C)C)C(=O)C(C(N)=O)C(=O)[C@@]3(O)C(=O)C1C2=O)C1(C2CC2)CC1. The van der Waals surface area contributed by atoms with Crippen LogP contribution in [0.3, 0.4) is 0 Å². The standard InChI is InChI=1S/C31H36F3N3O7/c1-4-37(29(7-8-29)15-5-6-15)12-14-11-18(38)20-16(22(14)31(32,33)34)9-13-10-17-23(36(2)3)25(40)21(28(35)43)27(42)30(17,44)26(41)19(13)24(20)39/h11,13,15,17,19,21,23,38,44H,4-10,12H2,1-3H3,(H2,35,43)/t13-,17-,19?,21?,23-,30-/m0/s1. The van der Waals surface area contributed by atoms with E-state index in [1.807, 2.05) is 11.8 Å². The molecule has 4 N–H and O–H groups in total. The predicted octanol–water partition coefficient (Wildman–Crippen LogP) is 1.65. The van der Waals surface area contributed by atoms with Crippen molar-refractivity contribution in [2.45, 2.75) is 75.4 Å². The number of aromatic hydroxyl groups is 1. The van der Waals surface area contributed by atoms with Crippen molar-refractivity contribution in [3.8, 4) is 5.75 Å². The van der Waals surface area contributed by atoms with Crippen molar-refractivity contribution in [2.24, 2.45) is 35.3 Å². The van der Waals surface area contributed by atoms with Gasteiger partial charge in [-0.05, 0) is 88.2 Å². The predicted molar refractivity (Wildman–Crippen MR) is 147 cm³/mol. The highest BCUT2D eigenvalue weighted by molar-refractivity contribution is 6.32. The van der Waals surface area contributed by atoms with E-state index in [4.69, 9.17) is 5.73 Å². The smallest absolute Gasteiger partial charge is 0.417 e. The summed E-state index contributed by atoms with van der Waals surface area (Å²) in [5, 5.41) is 22.7. The maximum absolute atomic E-state index is 14.9. The number of alkyl halides is 3. The van der Waals surface area contributed by atoms with Gasteiger partial charge in [-0.25, -0.2) is 0 Å². The van der Waals surface area contributed by atoms with Crippen molar-refractivity contribution in [3.63, 3.8) is 0 Å². The molecule has 0 heterocycles. The van der Waals surface area contributed by atoms with E-state index in [1.165, 1.54) is 19.0 Å². The maximum atomic E-state index is 14.9. The van der Waals surface area contributed by atoms with Crippen molar-refractivity contribution in [2.75, 3.05) is 20.6 Å². The molecule has 0 aromatic heterocycles. The molecule has 13 heteroatoms. The van der Waals surface area contributed by atoms with Gasteiger partial charge in [0.2, 0.25) is 5.91 Å². The van der Waals surface area contributed by atoms with Crippen molar-refractivity contribution in [1.29, 1.82) is 0 Å². The monoisotopic (exact) mass is 619 g/mol. The van der Waals surface area contributed by atoms with Crippen molar-refractivity contribution in [3.05, 3.63) is 28.3 Å². The van der Waals surface area contributed by atoms with Crippen LogP contribution in [0.5, 0.6) is 5.75 Å². The lowest BCUT2D eigenvalue weighted by Crippen LogP contribution is -2.74. The Morgan fingerprint density at radius 3 is 2.25 bits per heavy atom. The molecule has 0 spiro atoms. The number of nitrogens with two attached hydrogens (primary N) is 1. The van der Waals surface area contributed by atoms with Crippen LogP contribution in [-0.2, 0) is 38.3 Å². The minimum Gasteiger partial charge on any atom is -0.507 e. The Bertz CT molecular complexity index is 1500. The first-order chi connectivity index (χ1) is 20.5. The van der Waals surface area contributed by atoms with Crippen LogP contribution in [0.15, 0.2) is 6.07 Å². The molecule has 6 rings (SSSR count). The van der Waals surface area contributed by atoms with Crippen LogP contribution < -0.4 is 5.73 Å². The molecule has 0 radical (unpaired) electrons. The summed E-state index contributed by atoms with van der Waals surface area (Å²) in [5.41, 5.74) is -0.0476. The number of rotatable bonds is 7. The molecule has 0 bridgehead atoms. The molecule has 4 fully saturated rings. The molecule has 1 aromatic rings. The molecule has 6 atom stereocenters. The first-order valence-electron chi connectivity index (χ1n) is 15.0. The van der Waals surface area contributed by atoms with Gasteiger partial charge in [-0.15, -0.1) is 0 Å². The molecule has 5 aliphatic carbocycles. The number of primary amides is 1. The highest BCUT2D eigenvalue weighted by atomic mass is 19.4. The first-order valence-corrected chi connectivity index (χ1v) is 15.0. The summed E-state index contributed by atoms with van der Waals surface area (Å²) in [5.74, 6) is -12.8. The highest BCUT2D eigenvalue weighted by Gasteiger charge is 2.69. The number of halogens is 3. The number of amides is 1. The molecular formula is C31H36F3N3O7. The zero-order valence-corrected chi connectivity index (χ0v) is 24.7. The van der Waals surface area contributed by atoms with Crippen LogP contribution in [0.1, 0.15) is 66.1 Å². The molecule has 1 amide bonds.